The lowest BCUT2D eigenvalue weighted by Gasteiger charge is -2.26. The van der Waals surface area contributed by atoms with Crippen LogP contribution in [0.1, 0.15) is 44.1 Å². The van der Waals surface area contributed by atoms with Crippen LogP contribution in [0.4, 0.5) is 4.79 Å². The molecule has 4 nitrogen and oxygen atoms in total. The normalized spacial score (nSPS) is 17.6. The molecule has 1 aliphatic carbocycles. The van der Waals surface area contributed by atoms with Gasteiger partial charge in [0.1, 0.15) is 5.54 Å². The van der Waals surface area contributed by atoms with Crippen molar-refractivity contribution in [2.24, 2.45) is 0 Å². The summed E-state index contributed by atoms with van der Waals surface area (Å²) in [4.78, 5) is 12.0. The summed E-state index contributed by atoms with van der Waals surface area (Å²) in [6.45, 7) is 0.480. The van der Waals surface area contributed by atoms with Crippen LogP contribution in [-0.4, -0.2) is 11.6 Å². The number of amides is 2. The molecule has 1 saturated carbocycles. The Kier molecular flexibility index (Phi) is 5.00. The highest BCUT2D eigenvalue weighted by atomic mass is 16.2. The maximum atomic E-state index is 12.0. The molecule has 1 aliphatic rings. The summed E-state index contributed by atoms with van der Waals surface area (Å²) in [5, 5.41) is 15.1. The van der Waals surface area contributed by atoms with Crippen molar-refractivity contribution in [3.8, 4) is 6.07 Å². The largest absolute Gasteiger partial charge is 0.334 e. The molecule has 0 bridgehead atoms. The van der Waals surface area contributed by atoms with Gasteiger partial charge in [0.25, 0.3) is 0 Å². The molecule has 0 atom stereocenters. The van der Waals surface area contributed by atoms with E-state index in [-0.39, 0.29) is 6.03 Å². The average Bonchev–Trinajstić information content (AvgIpc) is 2.72. The third-order valence-corrected chi connectivity index (χ3v) is 3.82. The molecule has 0 aromatic heterocycles. The summed E-state index contributed by atoms with van der Waals surface area (Å²) < 4.78 is 0. The topological polar surface area (TPSA) is 64.9 Å². The fourth-order valence-electron chi connectivity index (χ4n) is 2.64. The van der Waals surface area contributed by atoms with E-state index in [2.05, 4.69) is 16.7 Å². The Labute approximate surface area is 120 Å². The number of rotatable bonds is 3. The minimum atomic E-state index is -0.683. The molecular weight excluding hydrogens is 250 g/mol. The summed E-state index contributed by atoms with van der Waals surface area (Å²) in [5.74, 6) is 0. The SMILES string of the molecule is N#CC1(NC(=O)NCc2ccccc2)CCCCCC1. The minimum Gasteiger partial charge on any atom is -0.334 e. The van der Waals surface area contributed by atoms with E-state index in [4.69, 9.17) is 0 Å². The number of nitrogens with one attached hydrogen (secondary N) is 2. The molecule has 0 saturated heterocycles. The summed E-state index contributed by atoms with van der Waals surface area (Å²) >= 11 is 0. The Hall–Kier alpha value is -2.02. The first-order valence-corrected chi connectivity index (χ1v) is 7.25. The molecule has 106 valence electrons. The summed E-state index contributed by atoms with van der Waals surface area (Å²) in [6.07, 6.45) is 5.82. The molecule has 0 spiro atoms. The molecule has 2 amide bonds. The van der Waals surface area contributed by atoms with E-state index < -0.39 is 5.54 Å². The van der Waals surface area contributed by atoms with Crippen LogP contribution in [-0.2, 0) is 6.54 Å². The van der Waals surface area contributed by atoms with Crippen molar-refractivity contribution in [3.63, 3.8) is 0 Å². The summed E-state index contributed by atoms with van der Waals surface area (Å²) in [7, 11) is 0. The van der Waals surface area contributed by atoms with Crippen LogP contribution in [0.2, 0.25) is 0 Å². The monoisotopic (exact) mass is 271 g/mol. The van der Waals surface area contributed by atoms with E-state index >= 15 is 0 Å². The number of carbonyl (C=O) groups is 1. The highest BCUT2D eigenvalue weighted by Crippen LogP contribution is 2.26. The van der Waals surface area contributed by atoms with Gasteiger partial charge in [-0.2, -0.15) is 5.26 Å². The Morgan fingerprint density at radius 1 is 1.15 bits per heavy atom. The zero-order valence-corrected chi connectivity index (χ0v) is 11.7. The fraction of sp³-hybridized carbons (Fsp3) is 0.500. The molecule has 20 heavy (non-hydrogen) atoms. The van der Waals surface area contributed by atoms with Crippen molar-refractivity contribution in [2.75, 3.05) is 0 Å². The maximum Gasteiger partial charge on any atom is 0.316 e. The number of hydrogen-bond acceptors (Lipinski definition) is 2. The van der Waals surface area contributed by atoms with Crippen LogP contribution >= 0.6 is 0 Å². The zero-order chi connectivity index (χ0) is 14.3. The van der Waals surface area contributed by atoms with Crippen molar-refractivity contribution in [1.29, 1.82) is 5.26 Å². The Balaban J connectivity index is 1.87. The molecule has 1 fully saturated rings. The third kappa shape index (κ3) is 3.99. The van der Waals surface area contributed by atoms with E-state index in [9.17, 15) is 10.1 Å². The predicted molar refractivity (Wildman–Crippen MR) is 77.9 cm³/mol. The van der Waals surface area contributed by atoms with Gasteiger partial charge in [0.15, 0.2) is 0 Å². The van der Waals surface area contributed by atoms with Gasteiger partial charge in [0.05, 0.1) is 6.07 Å². The van der Waals surface area contributed by atoms with Gasteiger partial charge in [0.2, 0.25) is 0 Å². The number of benzene rings is 1. The zero-order valence-electron chi connectivity index (χ0n) is 11.7. The summed E-state index contributed by atoms with van der Waals surface area (Å²) in [5.41, 5.74) is 0.367. The number of urea groups is 1. The lowest BCUT2D eigenvalue weighted by Crippen LogP contribution is -2.50. The van der Waals surface area contributed by atoms with Gasteiger partial charge in [-0.3, -0.25) is 0 Å². The Morgan fingerprint density at radius 2 is 1.80 bits per heavy atom. The first-order valence-electron chi connectivity index (χ1n) is 7.25. The molecule has 4 heteroatoms. The number of hydrogen-bond donors (Lipinski definition) is 2. The van der Waals surface area contributed by atoms with Crippen molar-refractivity contribution in [3.05, 3.63) is 35.9 Å². The highest BCUT2D eigenvalue weighted by molar-refractivity contribution is 5.75. The predicted octanol–water partition coefficient (Wildman–Crippen LogP) is 3.10. The molecular formula is C16H21N3O. The molecule has 0 heterocycles. The molecule has 1 aromatic rings. The van der Waals surface area contributed by atoms with Gasteiger partial charge in [-0.25, -0.2) is 4.79 Å². The lowest BCUT2D eigenvalue weighted by atomic mass is 9.92. The van der Waals surface area contributed by atoms with Crippen molar-refractivity contribution in [2.45, 2.75) is 50.6 Å². The number of nitrogens with zero attached hydrogens (tertiary/aromatic N) is 1. The Morgan fingerprint density at radius 3 is 2.40 bits per heavy atom. The van der Waals surface area contributed by atoms with E-state index in [0.717, 1.165) is 44.1 Å². The second-order valence-corrected chi connectivity index (χ2v) is 5.40. The average molecular weight is 271 g/mol. The molecule has 0 aliphatic heterocycles. The smallest absolute Gasteiger partial charge is 0.316 e. The molecule has 0 unspecified atom stereocenters. The fourth-order valence-corrected chi connectivity index (χ4v) is 2.64. The second kappa shape index (κ2) is 6.95. The minimum absolute atomic E-state index is 0.252. The standard InChI is InChI=1S/C16H21N3O/c17-13-16(10-6-1-2-7-11-16)19-15(20)18-12-14-8-4-3-5-9-14/h3-5,8-9H,1-2,6-7,10-12H2,(H2,18,19,20). The van der Waals surface area contributed by atoms with E-state index in [1.807, 2.05) is 30.3 Å². The first kappa shape index (κ1) is 14.4. The van der Waals surface area contributed by atoms with Crippen molar-refractivity contribution in [1.82, 2.24) is 10.6 Å². The maximum absolute atomic E-state index is 12.0. The second-order valence-electron chi connectivity index (χ2n) is 5.40. The van der Waals surface area contributed by atoms with Crippen LogP contribution in [0.15, 0.2) is 30.3 Å². The van der Waals surface area contributed by atoms with Gasteiger partial charge >= 0.3 is 6.03 Å². The van der Waals surface area contributed by atoms with Crippen LogP contribution in [0.25, 0.3) is 0 Å². The number of carbonyl (C=O) groups excluding carboxylic acids is 1. The van der Waals surface area contributed by atoms with Crippen LogP contribution in [0.3, 0.4) is 0 Å². The van der Waals surface area contributed by atoms with E-state index in [1.54, 1.807) is 0 Å². The molecule has 0 radical (unpaired) electrons. The van der Waals surface area contributed by atoms with Crippen LogP contribution < -0.4 is 10.6 Å². The number of nitriles is 1. The lowest BCUT2D eigenvalue weighted by molar-refractivity contribution is 0.228. The van der Waals surface area contributed by atoms with Gasteiger partial charge < -0.3 is 10.6 Å². The third-order valence-electron chi connectivity index (χ3n) is 3.82. The highest BCUT2D eigenvalue weighted by Gasteiger charge is 2.32. The summed E-state index contributed by atoms with van der Waals surface area (Å²) in [6, 6.07) is 11.8. The molecule has 1 aromatic carbocycles. The Bertz CT molecular complexity index is 470. The van der Waals surface area contributed by atoms with Crippen molar-refractivity contribution < 1.29 is 4.79 Å². The first-order chi connectivity index (χ1) is 9.74. The molecule has 2 rings (SSSR count). The van der Waals surface area contributed by atoms with Crippen molar-refractivity contribution >= 4 is 6.03 Å². The quantitative estimate of drug-likeness (QED) is 0.830. The van der Waals surface area contributed by atoms with Gasteiger partial charge in [-0.1, -0.05) is 56.0 Å². The van der Waals surface area contributed by atoms with Gasteiger partial charge in [-0.05, 0) is 18.4 Å². The van der Waals surface area contributed by atoms with Crippen LogP contribution in [0, 0.1) is 11.3 Å². The van der Waals surface area contributed by atoms with Gasteiger partial charge in [-0.15, -0.1) is 0 Å². The van der Waals surface area contributed by atoms with Crippen LogP contribution in [0.5, 0.6) is 0 Å². The molecule has 2 N–H and O–H groups in total. The van der Waals surface area contributed by atoms with E-state index in [1.165, 1.54) is 0 Å². The van der Waals surface area contributed by atoms with E-state index in [0.29, 0.717) is 6.54 Å². The van der Waals surface area contributed by atoms with Gasteiger partial charge in [0, 0.05) is 6.54 Å².